The van der Waals surface area contributed by atoms with Gasteiger partial charge in [-0.2, -0.15) is 0 Å². The lowest BCUT2D eigenvalue weighted by Crippen LogP contribution is -2.24. The Kier molecular flexibility index (Phi) is 6.80. The molecule has 1 aliphatic rings. The standard InChI is InChI=1S/C23H30N2O3/c1-4-15-27-21-11-7-20(8-12-21)25-14-13-23(16-25)28-22-9-5-19(6-10-22)17(2)24-18(3)26/h5-12,17,23H,4,13-16H2,1-3H3,(H,24,26)/t17-,23?/m0/s1. The van der Waals surface area contributed by atoms with E-state index in [1.807, 2.05) is 43.3 Å². The highest BCUT2D eigenvalue weighted by molar-refractivity contribution is 5.73. The van der Waals surface area contributed by atoms with Gasteiger partial charge in [-0.3, -0.25) is 4.79 Å². The fraction of sp³-hybridized carbons (Fsp3) is 0.435. The van der Waals surface area contributed by atoms with E-state index in [4.69, 9.17) is 9.47 Å². The molecule has 0 bridgehead atoms. The molecule has 1 heterocycles. The van der Waals surface area contributed by atoms with E-state index in [0.29, 0.717) is 0 Å². The Balaban J connectivity index is 1.52. The van der Waals surface area contributed by atoms with Crippen molar-refractivity contribution in [2.75, 3.05) is 24.6 Å². The first-order valence-electron chi connectivity index (χ1n) is 10.1. The first kappa shape index (κ1) is 20.1. The van der Waals surface area contributed by atoms with Crippen molar-refractivity contribution in [2.45, 2.75) is 45.8 Å². The Hall–Kier alpha value is -2.69. The highest BCUT2D eigenvalue weighted by Gasteiger charge is 2.24. The number of anilines is 1. The highest BCUT2D eigenvalue weighted by Crippen LogP contribution is 2.26. The molecule has 1 fully saturated rings. The van der Waals surface area contributed by atoms with Gasteiger partial charge in [0.15, 0.2) is 0 Å². The average Bonchev–Trinajstić information content (AvgIpc) is 3.15. The van der Waals surface area contributed by atoms with Gasteiger partial charge in [0.1, 0.15) is 17.6 Å². The predicted octanol–water partition coefficient (Wildman–Crippen LogP) is 4.33. The highest BCUT2D eigenvalue weighted by atomic mass is 16.5. The van der Waals surface area contributed by atoms with E-state index >= 15 is 0 Å². The zero-order valence-electron chi connectivity index (χ0n) is 17.0. The maximum Gasteiger partial charge on any atom is 0.217 e. The lowest BCUT2D eigenvalue weighted by molar-refractivity contribution is -0.119. The van der Waals surface area contributed by atoms with Gasteiger partial charge in [0.25, 0.3) is 0 Å². The van der Waals surface area contributed by atoms with Crippen LogP contribution in [0.15, 0.2) is 48.5 Å². The molecular formula is C23H30N2O3. The van der Waals surface area contributed by atoms with Gasteiger partial charge < -0.3 is 19.7 Å². The van der Waals surface area contributed by atoms with Crippen LogP contribution in [-0.4, -0.2) is 31.7 Å². The summed E-state index contributed by atoms with van der Waals surface area (Å²) >= 11 is 0. The summed E-state index contributed by atoms with van der Waals surface area (Å²) in [5.74, 6) is 1.77. The van der Waals surface area contributed by atoms with Crippen molar-refractivity contribution < 1.29 is 14.3 Å². The van der Waals surface area contributed by atoms with Crippen molar-refractivity contribution in [3.63, 3.8) is 0 Å². The lowest BCUT2D eigenvalue weighted by atomic mass is 10.1. The second-order valence-corrected chi connectivity index (χ2v) is 7.31. The summed E-state index contributed by atoms with van der Waals surface area (Å²) < 4.78 is 11.8. The molecule has 1 aliphatic heterocycles. The maximum atomic E-state index is 11.2. The quantitative estimate of drug-likeness (QED) is 0.738. The summed E-state index contributed by atoms with van der Waals surface area (Å²) in [5, 5.41) is 2.90. The molecule has 1 saturated heterocycles. The van der Waals surface area contributed by atoms with Gasteiger partial charge in [0, 0.05) is 25.6 Å². The molecule has 1 N–H and O–H groups in total. The molecule has 3 rings (SSSR count). The second kappa shape index (κ2) is 9.49. The number of carbonyl (C=O) groups is 1. The van der Waals surface area contributed by atoms with Crippen LogP contribution < -0.4 is 19.7 Å². The maximum absolute atomic E-state index is 11.2. The van der Waals surface area contributed by atoms with Gasteiger partial charge in [-0.25, -0.2) is 0 Å². The summed E-state index contributed by atoms with van der Waals surface area (Å²) in [6.07, 6.45) is 2.19. The third-order valence-corrected chi connectivity index (χ3v) is 4.92. The molecular weight excluding hydrogens is 352 g/mol. The van der Waals surface area contributed by atoms with E-state index in [1.165, 1.54) is 12.6 Å². The predicted molar refractivity (Wildman–Crippen MR) is 112 cm³/mol. The molecule has 2 atom stereocenters. The normalized spacial score (nSPS) is 17.2. The Labute approximate surface area is 167 Å². The van der Waals surface area contributed by atoms with Crippen LogP contribution in [-0.2, 0) is 4.79 Å². The van der Waals surface area contributed by atoms with Crippen LogP contribution in [0.3, 0.4) is 0 Å². The smallest absolute Gasteiger partial charge is 0.217 e. The van der Waals surface area contributed by atoms with Crippen LogP contribution in [0.5, 0.6) is 11.5 Å². The van der Waals surface area contributed by atoms with Crippen molar-refractivity contribution >= 4 is 11.6 Å². The largest absolute Gasteiger partial charge is 0.494 e. The summed E-state index contributed by atoms with van der Waals surface area (Å²) in [6.45, 7) is 8.23. The van der Waals surface area contributed by atoms with E-state index in [2.05, 4.69) is 29.3 Å². The second-order valence-electron chi connectivity index (χ2n) is 7.31. The SMILES string of the molecule is CCCOc1ccc(N2CCC(Oc3ccc([C@H](C)NC(C)=O)cc3)C2)cc1. The molecule has 2 aromatic carbocycles. The third kappa shape index (κ3) is 5.41. The molecule has 0 aliphatic carbocycles. The number of nitrogens with one attached hydrogen (secondary N) is 1. The first-order chi connectivity index (χ1) is 13.5. The van der Waals surface area contributed by atoms with Crippen LogP contribution in [0, 0.1) is 0 Å². The fourth-order valence-corrected chi connectivity index (χ4v) is 3.45. The number of benzene rings is 2. The Morgan fingerprint density at radius 3 is 2.46 bits per heavy atom. The number of hydrogen-bond acceptors (Lipinski definition) is 4. The van der Waals surface area contributed by atoms with Gasteiger partial charge in [-0.05, 0) is 55.3 Å². The van der Waals surface area contributed by atoms with Crippen LogP contribution in [0.4, 0.5) is 5.69 Å². The number of rotatable bonds is 8. The zero-order valence-corrected chi connectivity index (χ0v) is 17.0. The minimum atomic E-state index is -0.0242. The van der Waals surface area contributed by atoms with Gasteiger partial charge in [0.05, 0.1) is 19.2 Å². The van der Waals surface area contributed by atoms with Crippen molar-refractivity contribution in [3.05, 3.63) is 54.1 Å². The number of amides is 1. The van der Waals surface area contributed by atoms with Crippen LogP contribution in [0.2, 0.25) is 0 Å². The molecule has 1 unspecified atom stereocenters. The van der Waals surface area contributed by atoms with E-state index in [1.54, 1.807) is 0 Å². The van der Waals surface area contributed by atoms with Crippen LogP contribution in [0.1, 0.15) is 45.2 Å². The minimum absolute atomic E-state index is 0.00204. The Bertz CT molecular complexity index is 758. The Morgan fingerprint density at radius 2 is 1.82 bits per heavy atom. The van der Waals surface area contributed by atoms with Gasteiger partial charge in [-0.1, -0.05) is 19.1 Å². The van der Waals surface area contributed by atoms with Crippen molar-refractivity contribution in [3.8, 4) is 11.5 Å². The molecule has 0 aromatic heterocycles. The van der Waals surface area contributed by atoms with Gasteiger partial charge in [0.2, 0.25) is 5.91 Å². The van der Waals surface area contributed by atoms with E-state index in [9.17, 15) is 4.79 Å². The molecule has 150 valence electrons. The van der Waals surface area contributed by atoms with Gasteiger partial charge in [-0.15, -0.1) is 0 Å². The number of hydrogen-bond donors (Lipinski definition) is 1. The molecule has 5 nitrogen and oxygen atoms in total. The van der Waals surface area contributed by atoms with Crippen LogP contribution >= 0.6 is 0 Å². The summed E-state index contributed by atoms with van der Waals surface area (Å²) in [6, 6.07) is 16.3. The monoisotopic (exact) mass is 382 g/mol. The third-order valence-electron chi connectivity index (χ3n) is 4.92. The molecule has 0 spiro atoms. The minimum Gasteiger partial charge on any atom is -0.494 e. The topological polar surface area (TPSA) is 50.8 Å². The lowest BCUT2D eigenvalue weighted by Gasteiger charge is -2.20. The summed E-state index contributed by atoms with van der Waals surface area (Å²) in [4.78, 5) is 13.5. The van der Waals surface area contributed by atoms with Crippen LogP contribution in [0.25, 0.3) is 0 Å². The fourth-order valence-electron chi connectivity index (χ4n) is 3.45. The Morgan fingerprint density at radius 1 is 1.14 bits per heavy atom. The molecule has 1 amide bonds. The number of ether oxygens (including phenoxy) is 2. The molecule has 2 aromatic rings. The van der Waals surface area contributed by atoms with Crippen molar-refractivity contribution in [1.82, 2.24) is 5.32 Å². The molecule has 5 heteroatoms. The molecule has 0 radical (unpaired) electrons. The van der Waals surface area contributed by atoms with Crippen molar-refractivity contribution in [1.29, 1.82) is 0 Å². The van der Waals surface area contributed by atoms with Crippen molar-refractivity contribution in [2.24, 2.45) is 0 Å². The first-order valence-corrected chi connectivity index (χ1v) is 10.1. The van der Waals surface area contributed by atoms with E-state index < -0.39 is 0 Å². The average molecular weight is 383 g/mol. The number of carbonyl (C=O) groups excluding carboxylic acids is 1. The van der Waals surface area contributed by atoms with E-state index in [0.717, 1.165) is 49.6 Å². The summed E-state index contributed by atoms with van der Waals surface area (Å²) in [5.41, 5.74) is 2.27. The zero-order chi connectivity index (χ0) is 19.9. The molecule has 28 heavy (non-hydrogen) atoms. The summed E-state index contributed by atoms with van der Waals surface area (Å²) in [7, 11) is 0. The van der Waals surface area contributed by atoms with Gasteiger partial charge >= 0.3 is 0 Å². The van der Waals surface area contributed by atoms with E-state index in [-0.39, 0.29) is 18.1 Å². The number of nitrogens with zero attached hydrogens (tertiary/aromatic N) is 1. The molecule has 0 saturated carbocycles.